The van der Waals surface area contributed by atoms with Gasteiger partial charge in [0.15, 0.2) is 0 Å². The van der Waals surface area contributed by atoms with Crippen molar-refractivity contribution in [3.8, 4) is 0 Å². The highest BCUT2D eigenvalue weighted by atomic mass is 16.2. The summed E-state index contributed by atoms with van der Waals surface area (Å²) in [6.45, 7) is 5.61. The topological polar surface area (TPSA) is 89.4 Å². The first-order valence-corrected chi connectivity index (χ1v) is 7.29. The molecule has 19 heavy (non-hydrogen) atoms. The zero-order valence-electron chi connectivity index (χ0n) is 12.2. The van der Waals surface area contributed by atoms with E-state index in [-0.39, 0.29) is 17.7 Å². The number of hydrogen-bond donors (Lipinski definition) is 2. The fourth-order valence-electron chi connectivity index (χ4n) is 3.10. The van der Waals surface area contributed by atoms with Crippen molar-refractivity contribution in [2.45, 2.75) is 46.0 Å². The molecule has 1 fully saturated rings. The molecule has 110 valence electrons. The fourth-order valence-corrected chi connectivity index (χ4v) is 3.10. The summed E-state index contributed by atoms with van der Waals surface area (Å²) in [7, 11) is 0. The van der Waals surface area contributed by atoms with Crippen LogP contribution in [0.5, 0.6) is 0 Å². The van der Waals surface area contributed by atoms with Gasteiger partial charge in [0, 0.05) is 19.6 Å². The summed E-state index contributed by atoms with van der Waals surface area (Å²) in [6.07, 6.45) is 4.19. The summed E-state index contributed by atoms with van der Waals surface area (Å²) in [6, 6.07) is 0. The minimum atomic E-state index is -0.448. The predicted octanol–water partition coefficient (Wildman–Crippen LogP) is 0.866. The average molecular weight is 269 g/mol. The summed E-state index contributed by atoms with van der Waals surface area (Å²) < 4.78 is 0. The van der Waals surface area contributed by atoms with Gasteiger partial charge in [-0.1, -0.05) is 26.7 Å². The lowest BCUT2D eigenvalue weighted by Gasteiger charge is -2.34. The number of nitrogens with zero attached hydrogens (tertiary/aromatic N) is 1. The second-order valence-electron chi connectivity index (χ2n) is 5.62. The van der Waals surface area contributed by atoms with Crippen molar-refractivity contribution in [1.82, 2.24) is 4.90 Å². The van der Waals surface area contributed by atoms with Crippen LogP contribution in [0, 0.1) is 11.3 Å². The van der Waals surface area contributed by atoms with Gasteiger partial charge >= 0.3 is 0 Å². The van der Waals surface area contributed by atoms with Crippen molar-refractivity contribution in [1.29, 1.82) is 0 Å². The largest absolute Gasteiger partial charge is 0.369 e. The molecular formula is C14H27N3O2. The average Bonchev–Trinajstić information content (AvgIpc) is 2.87. The molecule has 1 aliphatic rings. The fraction of sp³-hybridized carbons (Fsp3) is 0.857. The van der Waals surface area contributed by atoms with Crippen LogP contribution in [0.15, 0.2) is 0 Å². The van der Waals surface area contributed by atoms with Gasteiger partial charge in [0.25, 0.3) is 0 Å². The Balaban J connectivity index is 2.80. The maximum absolute atomic E-state index is 12.7. The van der Waals surface area contributed by atoms with Crippen LogP contribution < -0.4 is 11.5 Å². The molecule has 5 nitrogen and oxygen atoms in total. The minimum Gasteiger partial charge on any atom is -0.369 e. The Morgan fingerprint density at radius 1 is 1.26 bits per heavy atom. The lowest BCUT2D eigenvalue weighted by molar-refractivity contribution is -0.141. The first-order chi connectivity index (χ1) is 9.00. The molecular weight excluding hydrogens is 242 g/mol. The SMILES string of the molecule is CCCC(CN)(CCC)C(=O)N1CCC(C(N)=O)C1. The lowest BCUT2D eigenvalue weighted by Crippen LogP contribution is -2.47. The normalized spacial score (nSPS) is 19.7. The molecule has 0 spiro atoms. The van der Waals surface area contributed by atoms with Gasteiger partial charge in [-0.2, -0.15) is 0 Å². The van der Waals surface area contributed by atoms with Gasteiger partial charge < -0.3 is 16.4 Å². The van der Waals surface area contributed by atoms with Crippen molar-refractivity contribution in [3.05, 3.63) is 0 Å². The highest BCUT2D eigenvalue weighted by molar-refractivity contribution is 5.85. The first kappa shape index (κ1) is 16.0. The van der Waals surface area contributed by atoms with Crippen LogP contribution in [0.25, 0.3) is 0 Å². The molecule has 1 saturated heterocycles. The van der Waals surface area contributed by atoms with E-state index in [1.807, 2.05) is 0 Å². The van der Waals surface area contributed by atoms with Gasteiger partial charge in [0.2, 0.25) is 11.8 Å². The highest BCUT2D eigenvalue weighted by Gasteiger charge is 2.41. The van der Waals surface area contributed by atoms with Gasteiger partial charge in [-0.15, -0.1) is 0 Å². The van der Waals surface area contributed by atoms with E-state index in [9.17, 15) is 9.59 Å². The van der Waals surface area contributed by atoms with E-state index in [1.54, 1.807) is 4.90 Å². The Morgan fingerprint density at radius 2 is 1.84 bits per heavy atom. The Bertz CT molecular complexity index is 325. The Labute approximate surface area is 115 Å². The molecule has 0 radical (unpaired) electrons. The number of nitrogens with two attached hydrogens (primary N) is 2. The number of amides is 2. The quantitative estimate of drug-likeness (QED) is 0.718. The molecule has 1 aliphatic heterocycles. The van der Waals surface area contributed by atoms with E-state index in [0.29, 0.717) is 26.1 Å². The van der Waals surface area contributed by atoms with Crippen LogP contribution >= 0.6 is 0 Å². The van der Waals surface area contributed by atoms with Crippen LogP contribution in [0.2, 0.25) is 0 Å². The number of rotatable bonds is 7. The summed E-state index contributed by atoms with van der Waals surface area (Å²) in [5.74, 6) is -0.384. The zero-order valence-corrected chi connectivity index (χ0v) is 12.2. The van der Waals surface area contributed by atoms with Crippen molar-refractivity contribution < 1.29 is 9.59 Å². The van der Waals surface area contributed by atoms with E-state index in [0.717, 1.165) is 25.7 Å². The van der Waals surface area contributed by atoms with E-state index in [4.69, 9.17) is 11.5 Å². The molecule has 2 amide bonds. The van der Waals surface area contributed by atoms with Gasteiger partial charge in [0.1, 0.15) is 0 Å². The summed E-state index contributed by atoms with van der Waals surface area (Å²) in [5, 5.41) is 0. The van der Waals surface area contributed by atoms with Crippen LogP contribution in [0.4, 0.5) is 0 Å². The Hall–Kier alpha value is -1.10. The number of carbonyl (C=O) groups excluding carboxylic acids is 2. The van der Waals surface area contributed by atoms with Crippen LogP contribution in [0.1, 0.15) is 46.0 Å². The molecule has 0 bridgehead atoms. The van der Waals surface area contributed by atoms with Crippen LogP contribution in [-0.2, 0) is 9.59 Å². The van der Waals surface area contributed by atoms with E-state index < -0.39 is 5.41 Å². The maximum atomic E-state index is 12.7. The molecule has 0 aromatic heterocycles. The lowest BCUT2D eigenvalue weighted by atomic mass is 9.78. The van der Waals surface area contributed by atoms with E-state index >= 15 is 0 Å². The highest BCUT2D eigenvalue weighted by Crippen LogP contribution is 2.33. The Morgan fingerprint density at radius 3 is 2.21 bits per heavy atom. The third kappa shape index (κ3) is 3.47. The minimum absolute atomic E-state index is 0.113. The summed E-state index contributed by atoms with van der Waals surface area (Å²) >= 11 is 0. The maximum Gasteiger partial charge on any atom is 0.230 e. The molecule has 5 heteroatoms. The molecule has 1 unspecified atom stereocenters. The monoisotopic (exact) mass is 269 g/mol. The third-order valence-corrected chi connectivity index (χ3v) is 4.18. The van der Waals surface area contributed by atoms with Gasteiger partial charge in [0.05, 0.1) is 11.3 Å². The van der Waals surface area contributed by atoms with Gasteiger partial charge in [-0.05, 0) is 19.3 Å². The third-order valence-electron chi connectivity index (χ3n) is 4.18. The van der Waals surface area contributed by atoms with Crippen molar-refractivity contribution in [2.75, 3.05) is 19.6 Å². The van der Waals surface area contributed by atoms with Gasteiger partial charge in [-0.25, -0.2) is 0 Å². The van der Waals surface area contributed by atoms with Crippen molar-refractivity contribution in [3.63, 3.8) is 0 Å². The molecule has 1 atom stereocenters. The predicted molar refractivity (Wildman–Crippen MR) is 75.2 cm³/mol. The number of likely N-dealkylation sites (tertiary alicyclic amines) is 1. The summed E-state index contributed by atoms with van der Waals surface area (Å²) in [5.41, 5.74) is 10.8. The van der Waals surface area contributed by atoms with Crippen LogP contribution in [0.3, 0.4) is 0 Å². The van der Waals surface area contributed by atoms with E-state index in [1.165, 1.54) is 0 Å². The van der Waals surface area contributed by atoms with Crippen molar-refractivity contribution >= 4 is 11.8 Å². The molecule has 0 aromatic rings. The van der Waals surface area contributed by atoms with Gasteiger partial charge in [-0.3, -0.25) is 9.59 Å². The molecule has 1 heterocycles. The van der Waals surface area contributed by atoms with Crippen molar-refractivity contribution in [2.24, 2.45) is 22.8 Å². The first-order valence-electron chi connectivity index (χ1n) is 7.29. The number of carbonyl (C=O) groups is 2. The van der Waals surface area contributed by atoms with E-state index in [2.05, 4.69) is 13.8 Å². The Kier molecular flexibility index (Phi) is 5.79. The molecule has 0 aromatic carbocycles. The number of hydrogen-bond acceptors (Lipinski definition) is 3. The zero-order chi connectivity index (χ0) is 14.5. The van der Waals surface area contributed by atoms with Crippen LogP contribution in [-0.4, -0.2) is 36.3 Å². The second kappa shape index (κ2) is 6.89. The summed E-state index contributed by atoms with van der Waals surface area (Å²) in [4.78, 5) is 25.7. The molecule has 4 N–H and O–H groups in total. The number of primary amides is 1. The second-order valence-corrected chi connectivity index (χ2v) is 5.62. The molecule has 0 saturated carbocycles. The smallest absolute Gasteiger partial charge is 0.230 e. The molecule has 1 rings (SSSR count). The molecule has 0 aliphatic carbocycles. The standard InChI is InChI=1S/C14H27N3O2/c1-3-6-14(10-15,7-4-2)13(19)17-8-5-11(9-17)12(16)18/h11H,3-10,15H2,1-2H3,(H2,16,18).